The van der Waals surface area contributed by atoms with Gasteiger partial charge in [0, 0.05) is 13.1 Å². The van der Waals surface area contributed by atoms with Gasteiger partial charge in [-0.1, -0.05) is 0 Å². The molecule has 1 aromatic heterocycles. The predicted octanol–water partition coefficient (Wildman–Crippen LogP) is -0.171. The Morgan fingerprint density at radius 1 is 1.41 bits per heavy atom. The molecule has 0 unspecified atom stereocenters. The minimum Gasteiger partial charge on any atom is -0.395 e. The van der Waals surface area contributed by atoms with Gasteiger partial charge in [0.05, 0.1) is 18.1 Å². The molecule has 0 fully saturated rings. The lowest BCUT2D eigenvalue weighted by Crippen LogP contribution is -2.31. The summed E-state index contributed by atoms with van der Waals surface area (Å²) >= 11 is 5.57. The Morgan fingerprint density at radius 2 is 2.00 bits per heavy atom. The van der Waals surface area contributed by atoms with Gasteiger partial charge in [0.15, 0.2) is 0 Å². The van der Waals surface area contributed by atoms with E-state index >= 15 is 0 Å². The molecule has 0 bridgehead atoms. The smallest absolute Gasteiger partial charge is 0.329 e. The molecular formula is C8H11ClN4O4. The van der Waals surface area contributed by atoms with Crippen LogP contribution < -0.4 is 4.90 Å². The molecule has 0 radical (unpaired) electrons. The molecule has 0 aromatic carbocycles. The molecule has 0 aliphatic carbocycles. The summed E-state index contributed by atoms with van der Waals surface area (Å²) in [5.74, 6) is -0.0156. The van der Waals surface area contributed by atoms with Crippen LogP contribution in [-0.4, -0.2) is 51.4 Å². The highest BCUT2D eigenvalue weighted by molar-refractivity contribution is 6.28. The monoisotopic (exact) mass is 262 g/mol. The third-order valence-corrected chi connectivity index (χ3v) is 2.14. The van der Waals surface area contributed by atoms with E-state index in [1.54, 1.807) is 0 Å². The fourth-order valence-corrected chi connectivity index (χ4v) is 1.40. The summed E-state index contributed by atoms with van der Waals surface area (Å²) in [6, 6.07) is 0. The molecule has 0 spiro atoms. The predicted molar refractivity (Wildman–Crippen MR) is 60.1 cm³/mol. The van der Waals surface area contributed by atoms with E-state index in [1.807, 2.05) is 0 Å². The van der Waals surface area contributed by atoms with E-state index in [2.05, 4.69) is 9.97 Å². The van der Waals surface area contributed by atoms with Crippen molar-refractivity contribution in [2.45, 2.75) is 0 Å². The molecule has 1 rings (SSSR count). The summed E-state index contributed by atoms with van der Waals surface area (Å²) < 4.78 is 0. The Bertz CT molecular complexity index is 397. The summed E-state index contributed by atoms with van der Waals surface area (Å²) in [7, 11) is 0. The van der Waals surface area contributed by atoms with Crippen molar-refractivity contribution >= 4 is 23.1 Å². The standard InChI is InChI=1S/C8H11ClN4O4/c9-8-10-5-6(13(16)17)7(11-8)12(1-3-14)2-4-15/h5,14-15H,1-4H2. The van der Waals surface area contributed by atoms with E-state index in [9.17, 15) is 10.1 Å². The summed E-state index contributed by atoms with van der Waals surface area (Å²) in [5, 5.41) is 28.4. The van der Waals surface area contributed by atoms with Crippen molar-refractivity contribution < 1.29 is 15.1 Å². The Hall–Kier alpha value is -1.51. The van der Waals surface area contributed by atoms with Crippen molar-refractivity contribution in [1.29, 1.82) is 0 Å². The SMILES string of the molecule is O=[N+]([O-])c1cnc(Cl)nc1N(CCO)CCO. The Kier molecular flexibility index (Phi) is 5.01. The van der Waals surface area contributed by atoms with Gasteiger partial charge in [-0.05, 0) is 11.6 Å². The highest BCUT2D eigenvalue weighted by Gasteiger charge is 2.22. The van der Waals surface area contributed by atoms with Crippen molar-refractivity contribution in [1.82, 2.24) is 9.97 Å². The van der Waals surface area contributed by atoms with Crippen LogP contribution in [0.15, 0.2) is 6.20 Å². The largest absolute Gasteiger partial charge is 0.395 e. The van der Waals surface area contributed by atoms with Crippen LogP contribution in [-0.2, 0) is 0 Å². The maximum absolute atomic E-state index is 10.8. The van der Waals surface area contributed by atoms with E-state index in [4.69, 9.17) is 21.8 Å². The highest BCUT2D eigenvalue weighted by Crippen LogP contribution is 2.25. The minimum absolute atomic E-state index is 0.0156. The van der Waals surface area contributed by atoms with Crippen LogP contribution >= 0.6 is 11.6 Å². The molecule has 1 heterocycles. The zero-order valence-corrected chi connectivity index (χ0v) is 9.54. The number of nitrogens with zero attached hydrogens (tertiary/aromatic N) is 4. The van der Waals surface area contributed by atoms with Crippen LogP contribution in [0, 0.1) is 10.1 Å². The summed E-state index contributed by atoms with van der Waals surface area (Å²) in [6.45, 7) is -0.235. The highest BCUT2D eigenvalue weighted by atomic mass is 35.5. The summed E-state index contributed by atoms with van der Waals surface area (Å²) in [5.41, 5.74) is -0.323. The molecule has 0 aliphatic heterocycles. The number of aromatic nitrogens is 2. The lowest BCUT2D eigenvalue weighted by molar-refractivity contribution is -0.384. The first-order valence-electron chi connectivity index (χ1n) is 4.73. The van der Waals surface area contributed by atoms with Gasteiger partial charge in [-0.25, -0.2) is 4.98 Å². The Morgan fingerprint density at radius 3 is 2.47 bits per heavy atom. The quantitative estimate of drug-likeness (QED) is 0.416. The zero-order valence-electron chi connectivity index (χ0n) is 8.78. The Labute approximate surface area is 102 Å². The topological polar surface area (TPSA) is 113 Å². The van der Waals surface area contributed by atoms with Crippen LogP contribution in [0.5, 0.6) is 0 Å². The summed E-state index contributed by atoms with van der Waals surface area (Å²) in [4.78, 5) is 18.8. The molecule has 0 saturated carbocycles. The molecule has 9 heteroatoms. The fraction of sp³-hybridized carbons (Fsp3) is 0.500. The molecule has 17 heavy (non-hydrogen) atoms. The second-order valence-corrected chi connectivity index (χ2v) is 3.38. The third kappa shape index (κ3) is 3.48. The average molecular weight is 263 g/mol. The van der Waals surface area contributed by atoms with Crippen molar-refractivity contribution in [2.75, 3.05) is 31.2 Å². The summed E-state index contributed by atoms with van der Waals surface area (Å²) in [6.07, 6.45) is 0.992. The number of anilines is 1. The second kappa shape index (κ2) is 6.28. The van der Waals surface area contributed by atoms with Crippen molar-refractivity contribution in [3.63, 3.8) is 0 Å². The number of nitro groups is 1. The molecule has 2 N–H and O–H groups in total. The Balaban J connectivity index is 3.14. The number of aliphatic hydroxyl groups is 2. The van der Waals surface area contributed by atoms with Gasteiger partial charge < -0.3 is 15.1 Å². The van der Waals surface area contributed by atoms with Gasteiger partial charge in [-0.15, -0.1) is 0 Å². The minimum atomic E-state index is -0.645. The molecule has 0 saturated heterocycles. The number of aliphatic hydroxyl groups excluding tert-OH is 2. The third-order valence-electron chi connectivity index (χ3n) is 1.96. The first-order valence-corrected chi connectivity index (χ1v) is 5.11. The van der Waals surface area contributed by atoms with Crippen LogP contribution in [0.3, 0.4) is 0 Å². The first-order chi connectivity index (χ1) is 8.10. The molecule has 94 valence electrons. The zero-order chi connectivity index (χ0) is 12.8. The molecule has 1 aromatic rings. The van der Waals surface area contributed by atoms with Crippen LogP contribution in [0.25, 0.3) is 0 Å². The number of hydrogen-bond donors (Lipinski definition) is 2. The van der Waals surface area contributed by atoms with Gasteiger partial charge >= 0.3 is 5.69 Å². The molecule has 0 aliphatic rings. The van der Waals surface area contributed by atoms with Gasteiger partial charge in [-0.2, -0.15) is 4.98 Å². The van der Waals surface area contributed by atoms with E-state index in [0.717, 1.165) is 6.20 Å². The van der Waals surface area contributed by atoms with E-state index < -0.39 is 4.92 Å². The van der Waals surface area contributed by atoms with Crippen molar-refractivity contribution in [3.8, 4) is 0 Å². The second-order valence-electron chi connectivity index (χ2n) is 3.04. The van der Waals surface area contributed by atoms with E-state index in [1.165, 1.54) is 4.90 Å². The number of halogens is 1. The molecule has 0 atom stereocenters. The fourth-order valence-electron chi connectivity index (χ4n) is 1.27. The van der Waals surface area contributed by atoms with Crippen LogP contribution in [0.4, 0.5) is 11.5 Å². The van der Waals surface area contributed by atoms with E-state index in [-0.39, 0.29) is 43.1 Å². The lowest BCUT2D eigenvalue weighted by Gasteiger charge is -2.20. The number of hydrogen-bond acceptors (Lipinski definition) is 7. The first kappa shape index (κ1) is 13.6. The van der Waals surface area contributed by atoms with Gasteiger partial charge in [0.1, 0.15) is 6.20 Å². The van der Waals surface area contributed by atoms with Crippen LogP contribution in [0.1, 0.15) is 0 Å². The van der Waals surface area contributed by atoms with Crippen LogP contribution in [0.2, 0.25) is 5.28 Å². The molecule has 0 amide bonds. The molecular weight excluding hydrogens is 252 g/mol. The van der Waals surface area contributed by atoms with Gasteiger partial charge in [0.2, 0.25) is 11.1 Å². The maximum Gasteiger partial charge on any atom is 0.329 e. The average Bonchev–Trinajstić information content (AvgIpc) is 2.28. The van der Waals surface area contributed by atoms with E-state index in [0.29, 0.717) is 0 Å². The van der Waals surface area contributed by atoms with Gasteiger partial charge in [0.25, 0.3) is 0 Å². The lowest BCUT2D eigenvalue weighted by atomic mass is 10.4. The maximum atomic E-state index is 10.8. The molecule has 8 nitrogen and oxygen atoms in total. The van der Waals surface area contributed by atoms with Crippen molar-refractivity contribution in [2.24, 2.45) is 0 Å². The number of rotatable bonds is 6. The normalized spacial score (nSPS) is 10.3. The van der Waals surface area contributed by atoms with Crippen molar-refractivity contribution in [3.05, 3.63) is 21.6 Å². The van der Waals surface area contributed by atoms with Gasteiger partial charge in [-0.3, -0.25) is 10.1 Å².